The Morgan fingerprint density at radius 3 is 1.89 bits per heavy atom. The van der Waals surface area contributed by atoms with Crippen LogP contribution < -0.4 is 4.74 Å². The fourth-order valence-corrected chi connectivity index (χ4v) is 5.90. The SMILES string of the molecule is CCCCCS(=O)CCCCCCOc1ccc(/C(=C(/CC)c2ccccc2)c2ccc(C)cc2)cc1. The monoisotopic (exact) mass is 516 g/mol. The van der Waals surface area contributed by atoms with Crippen molar-refractivity contribution >= 4 is 21.9 Å². The second kappa shape index (κ2) is 16.2. The van der Waals surface area contributed by atoms with Crippen molar-refractivity contribution in [2.75, 3.05) is 18.1 Å². The average molecular weight is 517 g/mol. The summed E-state index contributed by atoms with van der Waals surface area (Å²) in [6.07, 6.45) is 8.79. The van der Waals surface area contributed by atoms with Gasteiger partial charge in [-0.15, -0.1) is 0 Å². The predicted octanol–water partition coefficient (Wildman–Crippen LogP) is 9.24. The highest BCUT2D eigenvalue weighted by atomic mass is 32.2. The van der Waals surface area contributed by atoms with E-state index in [9.17, 15) is 4.21 Å². The van der Waals surface area contributed by atoms with Crippen LogP contribution in [0.25, 0.3) is 11.1 Å². The first-order valence-corrected chi connectivity index (χ1v) is 15.5. The first-order valence-electron chi connectivity index (χ1n) is 14.1. The van der Waals surface area contributed by atoms with Crippen molar-refractivity contribution in [1.29, 1.82) is 0 Å². The molecule has 0 N–H and O–H groups in total. The number of hydrogen-bond acceptors (Lipinski definition) is 2. The third kappa shape index (κ3) is 9.63. The fraction of sp³-hybridized carbons (Fsp3) is 0.412. The average Bonchev–Trinajstić information content (AvgIpc) is 2.93. The molecule has 0 saturated heterocycles. The normalized spacial score (nSPS) is 12.7. The molecule has 3 aromatic carbocycles. The van der Waals surface area contributed by atoms with Crippen LogP contribution in [0.5, 0.6) is 5.75 Å². The number of hydrogen-bond donors (Lipinski definition) is 0. The van der Waals surface area contributed by atoms with Crippen molar-refractivity contribution in [2.45, 2.75) is 72.1 Å². The van der Waals surface area contributed by atoms with Gasteiger partial charge in [0.05, 0.1) is 6.61 Å². The van der Waals surface area contributed by atoms with E-state index >= 15 is 0 Å². The van der Waals surface area contributed by atoms with Gasteiger partial charge in [0.25, 0.3) is 0 Å². The molecule has 0 aromatic heterocycles. The number of benzene rings is 3. The fourth-order valence-electron chi connectivity index (χ4n) is 4.64. The van der Waals surface area contributed by atoms with Gasteiger partial charge in [-0.2, -0.15) is 0 Å². The highest BCUT2D eigenvalue weighted by Gasteiger charge is 2.13. The molecule has 0 spiro atoms. The summed E-state index contributed by atoms with van der Waals surface area (Å²) >= 11 is 0. The van der Waals surface area contributed by atoms with Gasteiger partial charge in [-0.1, -0.05) is 112 Å². The van der Waals surface area contributed by atoms with Crippen LogP contribution in [-0.4, -0.2) is 22.3 Å². The highest BCUT2D eigenvalue weighted by Crippen LogP contribution is 2.35. The van der Waals surface area contributed by atoms with Crippen molar-refractivity contribution in [3.05, 3.63) is 101 Å². The second-order valence-corrected chi connectivity index (χ2v) is 11.5. The lowest BCUT2D eigenvalue weighted by Crippen LogP contribution is -2.03. The number of ether oxygens (including phenoxy) is 1. The van der Waals surface area contributed by atoms with Crippen LogP contribution in [0.15, 0.2) is 78.9 Å². The Labute approximate surface area is 227 Å². The standard InChI is InChI=1S/C34H44O2S/c1-4-6-13-26-37(35)27-14-8-7-12-25-36-32-23-21-31(22-24-32)34(30-19-17-28(3)18-20-30)33(5-2)29-15-10-9-11-16-29/h9-11,15-24H,4-8,12-14,25-27H2,1-3H3/b34-33-. The first kappa shape index (κ1) is 28.9. The summed E-state index contributed by atoms with van der Waals surface area (Å²) in [4.78, 5) is 0. The summed E-state index contributed by atoms with van der Waals surface area (Å²) in [5, 5.41) is 0. The lowest BCUT2D eigenvalue weighted by Gasteiger charge is -2.17. The van der Waals surface area contributed by atoms with Crippen LogP contribution >= 0.6 is 0 Å². The summed E-state index contributed by atoms with van der Waals surface area (Å²) in [7, 11) is -0.632. The molecule has 2 nitrogen and oxygen atoms in total. The van der Waals surface area contributed by atoms with E-state index in [4.69, 9.17) is 4.74 Å². The molecule has 0 radical (unpaired) electrons. The third-order valence-corrected chi connectivity index (χ3v) is 8.26. The van der Waals surface area contributed by atoms with Crippen molar-refractivity contribution in [1.82, 2.24) is 0 Å². The lowest BCUT2D eigenvalue weighted by molar-refractivity contribution is 0.305. The third-order valence-electron chi connectivity index (χ3n) is 6.77. The van der Waals surface area contributed by atoms with Gasteiger partial charge < -0.3 is 4.74 Å². The number of unbranched alkanes of at least 4 members (excludes halogenated alkanes) is 5. The molecule has 0 saturated carbocycles. The maximum Gasteiger partial charge on any atom is 0.119 e. The summed E-state index contributed by atoms with van der Waals surface area (Å²) in [6, 6.07) is 28.1. The first-order chi connectivity index (χ1) is 18.1. The number of rotatable bonds is 16. The van der Waals surface area contributed by atoms with Crippen LogP contribution in [0.2, 0.25) is 0 Å². The van der Waals surface area contributed by atoms with Crippen LogP contribution in [0.1, 0.15) is 87.5 Å². The maximum atomic E-state index is 12.0. The summed E-state index contributed by atoms with van der Waals surface area (Å²) in [5.41, 5.74) is 7.63. The van der Waals surface area contributed by atoms with Gasteiger partial charge in [0.2, 0.25) is 0 Å². The van der Waals surface area contributed by atoms with Crippen molar-refractivity contribution in [2.24, 2.45) is 0 Å². The van der Waals surface area contributed by atoms with E-state index in [1.165, 1.54) is 46.2 Å². The van der Waals surface area contributed by atoms with Crippen molar-refractivity contribution in [3.63, 3.8) is 0 Å². The molecule has 3 rings (SSSR count). The molecule has 0 fully saturated rings. The summed E-state index contributed by atoms with van der Waals surface area (Å²) in [6.45, 7) is 7.28. The van der Waals surface area contributed by atoms with Gasteiger partial charge in [0, 0.05) is 22.3 Å². The molecule has 0 heterocycles. The topological polar surface area (TPSA) is 26.3 Å². The van der Waals surface area contributed by atoms with E-state index in [1.807, 2.05) is 0 Å². The van der Waals surface area contributed by atoms with Crippen molar-refractivity contribution < 1.29 is 8.95 Å². The number of aryl methyl sites for hydroxylation is 1. The van der Waals surface area contributed by atoms with Crippen molar-refractivity contribution in [3.8, 4) is 5.75 Å². The minimum atomic E-state index is -0.632. The Hall–Kier alpha value is -2.65. The van der Waals surface area contributed by atoms with E-state index in [1.54, 1.807) is 0 Å². The zero-order chi connectivity index (χ0) is 26.3. The van der Waals surface area contributed by atoms with Gasteiger partial charge in [0.1, 0.15) is 5.75 Å². The Kier molecular flexibility index (Phi) is 12.7. The van der Waals surface area contributed by atoms with Gasteiger partial charge in [-0.3, -0.25) is 4.21 Å². The molecule has 0 bridgehead atoms. The molecule has 0 aliphatic rings. The van der Waals surface area contributed by atoms with E-state index in [2.05, 4.69) is 99.6 Å². The molecule has 1 atom stereocenters. The largest absolute Gasteiger partial charge is 0.494 e. The Balaban J connectivity index is 1.58. The molecule has 1 unspecified atom stereocenters. The van der Waals surface area contributed by atoms with Crippen LogP contribution in [-0.2, 0) is 10.8 Å². The molecule has 3 heteroatoms. The van der Waals surface area contributed by atoms with E-state index in [-0.39, 0.29) is 0 Å². The Morgan fingerprint density at radius 2 is 1.27 bits per heavy atom. The van der Waals surface area contributed by atoms with Gasteiger partial charge in [0.15, 0.2) is 0 Å². The molecule has 0 amide bonds. The molecular formula is C34H44O2S. The van der Waals surface area contributed by atoms with Crippen LogP contribution in [0.3, 0.4) is 0 Å². The Bertz CT molecular complexity index is 1100. The van der Waals surface area contributed by atoms with E-state index < -0.39 is 10.8 Å². The van der Waals surface area contributed by atoms with Crippen LogP contribution in [0.4, 0.5) is 0 Å². The second-order valence-electron chi connectivity index (χ2n) is 9.78. The quantitative estimate of drug-likeness (QED) is 0.140. The molecule has 37 heavy (non-hydrogen) atoms. The minimum absolute atomic E-state index is 0.632. The lowest BCUT2D eigenvalue weighted by atomic mass is 9.88. The van der Waals surface area contributed by atoms with Gasteiger partial charge in [-0.25, -0.2) is 0 Å². The van der Waals surface area contributed by atoms with Gasteiger partial charge in [-0.05, 0) is 72.6 Å². The molecule has 3 aromatic rings. The number of allylic oxidation sites excluding steroid dienone is 1. The summed E-state index contributed by atoms with van der Waals surface area (Å²) in [5.74, 6) is 2.64. The van der Waals surface area contributed by atoms with Crippen LogP contribution in [0, 0.1) is 6.92 Å². The zero-order valence-corrected chi connectivity index (χ0v) is 23.8. The summed E-state index contributed by atoms with van der Waals surface area (Å²) < 4.78 is 18.0. The predicted molar refractivity (Wildman–Crippen MR) is 162 cm³/mol. The van der Waals surface area contributed by atoms with E-state index in [0.29, 0.717) is 0 Å². The molecule has 0 aliphatic heterocycles. The van der Waals surface area contributed by atoms with E-state index in [0.717, 1.165) is 62.4 Å². The molecule has 0 aliphatic carbocycles. The van der Waals surface area contributed by atoms with Gasteiger partial charge >= 0.3 is 0 Å². The molecular weight excluding hydrogens is 472 g/mol. The maximum absolute atomic E-state index is 12.0. The smallest absolute Gasteiger partial charge is 0.119 e. The highest BCUT2D eigenvalue weighted by molar-refractivity contribution is 7.84. The Morgan fingerprint density at radius 1 is 0.676 bits per heavy atom. The zero-order valence-electron chi connectivity index (χ0n) is 23.0. The molecule has 198 valence electrons. The minimum Gasteiger partial charge on any atom is -0.494 e.